The first-order chi connectivity index (χ1) is 9.02. The van der Waals surface area contributed by atoms with E-state index in [2.05, 4.69) is 5.43 Å². The minimum atomic E-state index is -0.967. The van der Waals surface area contributed by atoms with Crippen molar-refractivity contribution in [1.29, 1.82) is 0 Å². The van der Waals surface area contributed by atoms with Crippen molar-refractivity contribution >= 4 is 0 Å². The van der Waals surface area contributed by atoms with Crippen LogP contribution in [0.1, 0.15) is 22.7 Å². The monoisotopic (exact) mass is 266 g/mol. The zero-order valence-electron chi connectivity index (χ0n) is 10.3. The highest BCUT2D eigenvalue weighted by atomic mass is 19.2. The number of hydrogen-bond donors (Lipinski definition) is 2. The molecular formula is C14H13F3N2. The van der Waals surface area contributed by atoms with Crippen molar-refractivity contribution < 1.29 is 13.2 Å². The standard InChI is InChI=1S/C14H13F3N2/c1-8-2-3-9(6-12(8)16)14(19-18)10-4-5-11(15)13(17)7-10/h2-7,14,19H,18H2,1H3. The second kappa shape index (κ2) is 5.42. The zero-order chi connectivity index (χ0) is 14.0. The van der Waals surface area contributed by atoms with Gasteiger partial charge in [0.2, 0.25) is 0 Å². The summed E-state index contributed by atoms with van der Waals surface area (Å²) in [6, 6.07) is 7.46. The molecular weight excluding hydrogens is 253 g/mol. The Labute approximate surface area is 109 Å². The summed E-state index contributed by atoms with van der Waals surface area (Å²) >= 11 is 0. The number of halogens is 3. The first-order valence-corrected chi connectivity index (χ1v) is 5.70. The highest BCUT2D eigenvalue weighted by molar-refractivity contribution is 5.34. The molecule has 0 amide bonds. The van der Waals surface area contributed by atoms with E-state index in [-0.39, 0.29) is 5.82 Å². The number of benzene rings is 2. The molecule has 5 heteroatoms. The van der Waals surface area contributed by atoms with E-state index in [0.29, 0.717) is 16.7 Å². The summed E-state index contributed by atoms with van der Waals surface area (Å²) in [6.45, 7) is 1.64. The molecule has 0 spiro atoms. The molecule has 0 saturated heterocycles. The molecule has 0 aromatic heterocycles. The van der Waals surface area contributed by atoms with E-state index in [4.69, 9.17) is 5.84 Å². The summed E-state index contributed by atoms with van der Waals surface area (Å²) in [6.07, 6.45) is 0. The van der Waals surface area contributed by atoms with Crippen molar-refractivity contribution in [1.82, 2.24) is 5.43 Å². The van der Waals surface area contributed by atoms with Gasteiger partial charge < -0.3 is 0 Å². The molecule has 0 fully saturated rings. The molecule has 1 atom stereocenters. The van der Waals surface area contributed by atoms with Crippen molar-refractivity contribution in [2.75, 3.05) is 0 Å². The molecule has 2 nitrogen and oxygen atoms in total. The Balaban J connectivity index is 2.43. The highest BCUT2D eigenvalue weighted by Gasteiger charge is 2.15. The summed E-state index contributed by atoms with van der Waals surface area (Å²) in [4.78, 5) is 0. The highest BCUT2D eigenvalue weighted by Crippen LogP contribution is 2.24. The third-order valence-corrected chi connectivity index (χ3v) is 2.97. The van der Waals surface area contributed by atoms with Crippen molar-refractivity contribution in [2.45, 2.75) is 13.0 Å². The average molecular weight is 266 g/mol. The van der Waals surface area contributed by atoms with E-state index in [1.165, 1.54) is 12.1 Å². The molecule has 19 heavy (non-hydrogen) atoms. The van der Waals surface area contributed by atoms with Crippen LogP contribution in [-0.2, 0) is 0 Å². The lowest BCUT2D eigenvalue weighted by Crippen LogP contribution is -2.29. The van der Waals surface area contributed by atoms with Crippen LogP contribution < -0.4 is 11.3 Å². The van der Waals surface area contributed by atoms with Crippen LogP contribution in [0.15, 0.2) is 36.4 Å². The Hall–Kier alpha value is -1.85. The maximum Gasteiger partial charge on any atom is 0.159 e. The fourth-order valence-electron chi connectivity index (χ4n) is 1.87. The summed E-state index contributed by atoms with van der Waals surface area (Å²) in [5.74, 6) is 3.15. The predicted octanol–water partition coefficient (Wildman–Crippen LogP) is 2.97. The van der Waals surface area contributed by atoms with Crippen molar-refractivity contribution in [3.63, 3.8) is 0 Å². The number of hydrogen-bond acceptors (Lipinski definition) is 2. The van der Waals surface area contributed by atoms with Crippen LogP contribution in [0.5, 0.6) is 0 Å². The summed E-state index contributed by atoms with van der Waals surface area (Å²) in [5, 5.41) is 0. The minimum absolute atomic E-state index is 0.375. The number of hydrazine groups is 1. The average Bonchev–Trinajstić information content (AvgIpc) is 2.39. The van der Waals surface area contributed by atoms with Gasteiger partial charge in [0.15, 0.2) is 11.6 Å². The van der Waals surface area contributed by atoms with Gasteiger partial charge in [-0.3, -0.25) is 5.84 Å². The lowest BCUT2D eigenvalue weighted by atomic mass is 9.98. The quantitative estimate of drug-likeness (QED) is 0.662. The third kappa shape index (κ3) is 2.77. The van der Waals surface area contributed by atoms with E-state index in [0.717, 1.165) is 12.1 Å². The molecule has 0 radical (unpaired) electrons. The lowest BCUT2D eigenvalue weighted by molar-refractivity contribution is 0.503. The summed E-state index contributed by atoms with van der Waals surface area (Å²) < 4.78 is 39.6. The van der Waals surface area contributed by atoms with Gasteiger partial charge in [-0.2, -0.15) is 0 Å². The molecule has 2 rings (SSSR count). The molecule has 0 bridgehead atoms. The van der Waals surface area contributed by atoms with Gasteiger partial charge in [0.25, 0.3) is 0 Å². The fourth-order valence-corrected chi connectivity index (χ4v) is 1.87. The van der Waals surface area contributed by atoms with Gasteiger partial charge in [0, 0.05) is 0 Å². The van der Waals surface area contributed by atoms with Crippen LogP contribution in [0.3, 0.4) is 0 Å². The Morgan fingerprint density at radius 2 is 1.47 bits per heavy atom. The summed E-state index contributed by atoms with van der Waals surface area (Å²) in [5.41, 5.74) is 3.94. The van der Waals surface area contributed by atoms with Crippen LogP contribution in [0, 0.1) is 24.4 Å². The molecule has 0 aliphatic rings. The molecule has 0 aliphatic heterocycles. The molecule has 0 saturated carbocycles. The van der Waals surface area contributed by atoms with Gasteiger partial charge in [-0.1, -0.05) is 18.2 Å². The molecule has 100 valence electrons. The van der Waals surface area contributed by atoms with Gasteiger partial charge in [-0.25, -0.2) is 18.6 Å². The van der Waals surface area contributed by atoms with Crippen LogP contribution >= 0.6 is 0 Å². The van der Waals surface area contributed by atoms with Crippen LogP contribution in [0.2, 0.25) is 0 Å². The second-order valence-electron chi connectivity index (χ2n) is 4.28. The van der Waals surface area contributed by atoms with Gasteiger partial charge in [0.05, 0.1) is 6.04 Å². The molecule has 0 aliphatic carbocycles. The van der Waals surface area contributed by atoms with Crippen molar-refractivity contribution in [2.24, 2.45) is 5.84 Å². The number of nitrogens with two attached hydrogens (primary N) is 1. The topological polar surface area (TPSA) is 38.0 Å². The molecule has 2 aromatic rings. The molecule has 2 aromatic carbocycles. The van der Waals surface area contributed by atoms with E-state index < -0.39 is 17.7 Å². The van der Waals surface area contributed by atoms with E-state index in [9.17, 15) is 13.2 Å². The van der Waals surface area contributed by atoms with E-state index in [1.54, 1.807) is 19.1 Å². The van der Waals surface area contributed by atoms with Crippen LogP contribution in [0.25, 0.3) is 0 Å². The van der Waals surface area contributed by atoms with E-state index >= 15 is 0 Å². The Bertz CT molecular complexity index is 548. The fraction of sp³-hybridized carbons (Fsp3) is 0.143. The number of nitrogens with one attached hydrogen (secondary N) is 1. The Morgan fingerprint density at radius 3 is 2.00 bits per heavy atom. The molecule has 1 unspecified atom stereocenters. The predicted molar refractivity (Wildman–Crippen MR) is 66.7 cm³/mol. The van der Waals surface area contributed by atoms with Crippen LogP contribution in [-0.4, -0.2) is 0 Å². The van der Waals surface area contributed by atoms with Gasteiger partial charge in [-0.15, -0.1) is 0 Å². The third-order valence-electron chi connectivity index (χ3n) is 2.97. The summed E-state index contributed by atoms with van der Waals surface area (Å²) in [7, 11) is 0. The first kappa shape index (κ1) is 13.6. The number of aryl methyl sites for hydroxylation is 1. The van der Waals surface area contributed by atoms with Crippen molar-refractivity contribution in [3.8, 4) is 0 Å². The zero-order valence-corrected chi connectivity index (χ0v) is 10.3. The molecule has 3 N–H and O–H groups in total. The van der Waals surface area contributed by atoms with Gasteiger partial charge in [0.1, 0.15) is 5.82 Å². The number of rotatable bonds is 3. The largest absolute Gasteiger partial charge is 0.271 e. The maximum absolute atomic E-state index is 13.5. The Kier molecular flexibility index (Phi) is 3.87. The van der Waals surface area contributed by atoms with E-state index in [1.807, 2.05) is 0 Å². The normalized spacial score (nSPS) is 12.5. The minimum Gasteiger partial charge on any atom is -0.271 e. The Morgan fingerprint density at radius 1 is 0.895 bits per heavy atom. The maximum atomic E-state index is 13.5. The second-order valence-corrected chi connectivity index (χ2v) is 4.28. The molecule has 0 heterocycles. The lowest BCUT2D eigenvalue weighted by Gasteiger charge is -2.17. The van der Waals surface area contributed by atoms with Gasteiger partial charge >= 0.3 is 0 Å². The first-order valence-electron chi connectivity index (χ1n) is 5.70. The van der Waals surface area contributed by atoms with Crippen LogP contribution in [0.4, 0.5) is 13.2 Å². The van der Waals surface area contributed by atoms with Crippen molar-refractivity contribution in [3.05, 3.63) is 70.5 Å². The smallest absolute Gasteiger partial charge is 0.159 e. The SMILES string of the molecule is Cc1ccc(C(NN)c2ccc(F)c(F)c2)cc1F. The van der Waals surface area contributed by atoms with Gasteiger partial charge in [-0.05, 0) is 41.8 Å².